The third kappa shape index (κ3) is 2.65. The Kier molecular flexibility index (Phi) is 4.43. The molecule has 3 unspecified atom stereocenters. The van der Waals surface area contributed by atoms with Crippen LogP contribution >= 0.6 is 0 Å². The minimum absolute atomic E-state index is 0.000787. The lowest BCUT2D eigenvalue weighted by Gasteiger charge is -2.41. The number of nitrogens with zero attached hydrogens (tertiary/aromatic N) is 1. The van der Waals surface area contributed by atoms with Gasteiger partial charge >= 0.3 is 5.97 Å². The van der Waals surface area contributed by atoms with E-state index in [0.717, 1.165) is 18.9 Å². The van der Waals surface area contributed by atoms with Crippen molar-refractivity contribution < 1.29 is 9.53 Å². The van der Waals surface area contributed by atoms with Crippen molar-refractivity contribution in [1.82, 2.24) is 4.90 Å². The first-order valence-corrected chi connectivity index (χ1v) is 7.20. The van der Waals surface area contributed by atoms with Gasteiger partial charge in [0.25, 0.3) is 0 Å². The van der Waals surface area contributed by atoms with Crippen LogP contribution in [0.2, 0.25) is 0 Å². The molecule has 2 fully saturated rings. The number of carbonyl (C=O) groups excluding carboxylic acids is 1. The van der Waals surface area contributed by atoms with Crippen LogP contribution in [0.4, 0.5) is 0 Å². The second-order valence-electron chi connectivity index (χ2n) is 5.31. The number of piperidine rings is 1. The molecule has 3 heteroatoms. The van der Waals surface area contributed by atoms with Crippen LogP contribution in [0.5, 0.6) is 0 Å². The molecule has 0 N–H and O–H groups in total. The van der Waals surface area contributed by atoms with Crippen molar-refractivity contribution in [2.24, 2.45) is 5.92 Å². The molecule has 1 saturated carbocycles. The van der Waals surface area contributed by atoms with Crippen molar-refractivity contribution in [3.63, 3.8) is 0 Å². The first-order chi connectivity index (χ1) is 8.27. The Balaban J connectivity index is 2.04. The summed E-state index contributed by atoms with van der Waals surface area (Å²) in [6.45, 7) is 5.56. The number of esters is 1. The molecule has 0 bridgehead atoms. The molecule has 3 atom stereocenters. The van der Waals surface area contributed by atoms with E-state index < -0.39 is 0 Å². The molecular formula is C14H25NO2. The Morgan fingerprint density at radius 3 is 2.76 bits per heavy atom. The normalized spacial score (nSPS) is 30.9. The monoisotopic (exact) mass is 239 g/mol. The van der Waals surface area contributed by atoms with Gasteiger partial charge in [0.15, 0.2) is 0 Å². The molecule has 0 aromatic heterocycles. The quantitative estimate of drug-likeness (QED) is 0.706. The third-order valence-corrected chi connectivity index (χ3v) is 4.38. The van der Waals surface area contributed by atoms with E-state index in [1.54, 1.807) is 0 Å². The molecule has 1 heterocycles. The van der Waals surface area contributed by atoms with Crippen LogP contribution in [-0.4, -0.2) is 36.1 Å². The molecule has 3 nitrogen and oxygen atoms in total. The lowest BCUT2D eigenvalue weighted by atomic mass is 9.90. The Labute approximate surface area is 105 Å². The number of hydrogen-bond acceptors (Lipinski definition) is 3. The van der Waals surface area contributed by atoms with E-state index in [-0.39, 0.29) is 12.0 Å². The smallest absolute Gasteiger partial charge is 0.323 e. The number of ether oxygens (including phenoxy) is 1. The maximum absolute atomic E-state index is 12.0. The van der Waals surface area contributed by atoms with Crippen LogP contribution in [0.25, 0.3) is 0 Å². The Morgan fingerprint density at radius 1 is 1.29 bits per heavy atom. The highest BCUT2D eigenvalue weighted by Crippen LogP contribution is 2.38. The van der Waals surface area contributed by atoms with E-state index >= 15 is 0 Å². The summed E-state index contributed by atoms with van der Waals surface area (Å²) in [7, 11) is 0. The van der Waals surface area contributed by atoms with Gasteiger partial charge in [-0.05, 0) is 51.5 Å². The van der Waals surface area contributed by atoms with E-state index in [0.29, 0.717) is 12.6 Å². The molecule has 0 aromatic carbocycles. The number of rotatable bonds is 4. The lowest BCUT2D eigenvalue weighted by molar-refractivity contribution is -0.151. The third-order valence-electron chi connectivity index (χ3n) is 4.38. The highest BCUT2D eigenvalue weighted by atomic mass is 16.5. The fourth-order valence-corrected chi connectivity index (χ4v) is 3.65. The minimum Gasteiger partial charge on any atom is -0.465 e. The zero-order valence-electron chi connectivity index (χ0n) is 11.2. The fourth-order valence-electron chi connectivity index (χ4n) is 3.65. The Morgan fingerprint density at radius 2 is 2.06 bits per heavy atom. The summed E-state index contributed by atoms with van der Waals surface area (Å²) in [5, 5.41) is 0. The molecule has 1 saturated heterocycles. The van der Waals surface area contributed by atoms with Gasteiger partial charge in [-0.1, -0.05) is 13.3 Å². The molecule has 2 aliphatic rings. The summed E-state index contributed by atoms with van der Waals surface area (Å²) in [6, 6.07) is 0.652. The van der Waals surface area contributed by atoms with E-state index in [1.165, 1.54) is 32.1 Å². The van der Waals surface area contributed by atoms with Crippen molar-refractivity contribution in [3.05, 3.63) is 0 Å². The van der Waals surface area contributed by atoms with Gasteiger partial charge in [0.2, 0.25) is 0 Å². The van der Waals surface area contributed by atoms with Gasteiger partial charge < -0.3 is 4.74 Å². The van der Waals surface area contributed by atoms with Crippen LogP contribution in [-0.2, 0) is 9.53 Å². The van der Waals surface area contributed by atoms with Gasteiger partial charge in [0.1, 0.15) is 6.04 Å². The maximum Gasteiger partial charge on any atom is 0.323 e. The van der Waals surface area contributed by atoms with Crippen LogP contribution in [0.15, 0.2) is 0 Å². The number of hydrogen-bond donors (Lipinski definition) is 0. The van der Waals surface area contributed by atoms with Gasteiger partial charge in [-0.25, -0.2) is 0 Å². The zero-order chi connectivity index (χ0) is 12.3. The van der Waals surface area contributed by atoms with E-state index in [1.807, 2.05) is 6.92 Å². The largest absolute Gasteiger partial charge is 0.465 e. The van der Waals surface area contributed by atoms with E-state index in [9.17, 15) is 4.79 Å². The average Bonchev–Trinajstić information content (AvgIpc) is 2.79. The van der Waals surface area contributed by atoms with E-state index in [4.69, 9.17) is 4.74 Å². The maximum atomic E-state index is 12.0. The van der Waals surface area contributed by atoms with Crippen LogP contribution < -0.4 is 0 Å². The molecule has 98 valence electrons. The number of carbonyl (C=O) groups is 1. The average molecular weight is 239 g/mol. The predicted octanol–water partition coefficient (Wildman–Crippen LogP) is 2.59. The second kappa shape index (κ2) is 5.85. The second-order valence-corrected chi connectivity index (χ2v) is 5.31. The highest BCUT2D eigenvalue weighted by Gasteiger charge is 2.40. The molecule has 0 amide bonds. The first-order valence-electron chi connectivity index (χ1n) is 7.20. The van der Waals surface area contributed by atoms with Crippen LogP contribution in [0, 0.1) is 5.92 Å². The standard InChI is InChI=1S/C14H25NO2/c1-3-12(14(16)17-4-2)15-10-6-8-11-7-5-9-13(11)15/h11-13H,3-10H2,1-2H3. The minimum atomic E-state index is -0.0115. The summed E-state index contributed by atoms with van der Waals surface area (Å²) >= 11 is 0. The predicted molar refractivity (Wildman–Crippen MR) is 67.8 cm³/mol. The molecule has 2 rings (SSSR count). The van der Waals surface area contributed by atoms with Crippen molar-refractivity contribution in [2.45, 2.75) is 64.5 Å². The van der Waals surface area contributed by atoms with Crippen LogP contribution in [0.1, 0.15) is 52.4 Å². The SMILES string of the molecule is CCOC(=O)C(CC)N1CCCC2CCCC21. The first kappa shape index (κ1) is 12.9. The molecule has 1 aliphatic carbocycles. The van der Waals surface area contributed by atoms with Crippen LogP contribution in [0.3, 0.4) is 0 Å². The van der Waals surface area contributed by atoms with Crippen molar-refractivity contribution in [2.75, 3.05) is 13.2 Å². The van der Waals surface area contributed by atoms with Crippen molar-refractivity contribution >= 4 is 5.97 Å². The van der Waals surface area contributed by atoms with E-state index in [2.05, 4.69) is 11.8 Å². The van der Waals surface area contributed by atoms with Gasteiger partial charge in [0.05, 0.1) is 6.61 Å². The summed E-state index contributed by atoms with van der Waals surface area (Å²) in [5.41, 5.74) is 0. The number of likely N-dealkylation sites (tertiary alicyclic amines) is 1. The van der Waals surface area contributed by atoms with Gasteiger partial charge in [0, 0.05) is 6.04 Å². The topological polar surface area (TPSA) is 29.5 Å². The molecule has 0 spiro atoms. The van der Waals surface area contributed by atoms with Crippen molar-refractivity contribution in [1.29, 1.82) is 0 Å². The highest BCUT2D eigenvalue weighted by molar-refractivity contribution is 5.75. The summed E-state index contributed by atoms with van der Waals surface area (Å²) in [5.74, 6) is 0.828. The van der Waals surface area contributed by atoms with Gasteiger partial charge in [-0.3, -0.25) is 9.69 Å². The Bertz CT molecular complexity index is 267. The van der Waals surface area contributed by atoms with Gasteiger partial charge in [-0.2, -0.15) is 0 Å². The molecule has 17 heavy (non-hydrogen) atoms. The summed E-state index contributed by atoms with van der Waals surface area (Å²) in [6.07, 6.45) is 7.46. The van der Waals surface area contributed by atoms with Gasteiger partial charge in [-0.15, -0.1) is 0 Å². The molecule has 0 radical (unpaired) electrons. The molecule has 0 aromatic rings. The Hall–Kier alpha value is -0.570. The summed E-state index contributed by atoms with van der Waals surface area (Å²) < 4.78 is 5.22. The number of fused-ring (bicyclic) bond motifs is 1. The summed E-state index contributed by atoms with van der Waals surface area (Å²) in [4.78, 5) is 14.4. The molecule has 1 aliphatic heterocycles. The zero-order valence-corrected chi connectivity index (χ0v) is 11.2. The fraction of sp³-hybridized carbons (Fsp3) is 0.929. The van der Waals surface area contributed by atoms with Crippen molar-refractivity contribution in [3.8, 4) is 0 Å². The lowest BCUT2D eigenvalue weighted by Crippen LogP contribution is -2.51. The molecular weight excluding hydrogens is 214 g/mol.